The highest BCUT2D eigenvalue weighted by Crippen LogP contribution is 2.15. The van der Waals surface area contributed by atoms with Gasteiger partial charge in [0.1, 0.15) is 0 Å². The average Bonchev–Trinajstić information content (AvgIpc) is 2.11. The number of hydrogen-bond acceptors (Lipinski definition) is 1. The molecular weight excluding hydrogens is 176 g/mol. The molecule has 0 bridgehead atoms. The predicted molar refractivity (Wildman–Crippen MR) is 65.5 cm³/mol. The number of thioether (sulfide) groups is 1. The first-order valence-electron chi connectivity index (χ1n) is 5.89. The van der Waals surface area contributed by atoms with Crippen LogP contribution in [0.15, 0.2) is 0 Å². The van der Waals surface area contributed by atoms with Crippen molar-refractivity contribution in [2.45, 2.75) is 59.3 Å². The summed E-state index contributed by atoms with van der Waals surface area (Å²) < 4.78 is 0. The van der Waals surface area contributed by atoms with Crippen molar-refractivity contribution in [3.8, 4) is 0 Å². The summed E-state index contributed by atoms with van der Waals surface area (Å²) in [6.07, 6.45) is 8.39. The third-order valence-electron chi connectivity index (χ3n) is 2.33. The highest BCUT2D eigenvalue weighted by atomic mass is 32.2. The van der Waals surface area contributed by atoms with E-state index in [-0.39, 0.29) is 0 Å². The van der Waals surface area contributed by atoms with Crippen LogP contribution >= 0.6 is 11.8 Å². The molecule has 0 saturated carbocycles. The molecule has 0 radical (unpaired) electrons. The second-order valence-electron chi connectivity index (χ2n) is 4.03. The Kier molecular flexibility index (Phi) is 10.7. The van der Waals surface area contributed by atoms with Crippen LogP contribution in [0.25, 0.3) is 0 Å². The maximum Gasteiger partial charge on any atom is -0.00418 e. The van der Waals surface area contributed by atoms with Crippen molar-refractivity contribution in [3.05, 3.63) is 0 Å². The van der Waals surface area contributed by atoms with Gasteiger partial charge in [-0.25, -0.2) is 0 Å². The van der Waals surface area contributed by atoms with Crippen molar-refractivity contribution < 1.29 is 0 Å². The molecule has 0 aromatic carbocycles. The third kappa shape index (κ3) is 10.3. The Morgan fingerprint density at radius 1 is 1.00 bits per heavy atom. The summed E-state index contributed by atoms with van der Waals surface area (Å²) in [6.45, 7) is 6.93. The molecule has 0 heterocycles. The molecule has 1 atom stereocenters. The summed E-state index contributed by atoms with van der Waals surface area (Å²) >= 11 is 2.15. The lowest BCUT2D eigenvalue weighted by Crippen LogP contribution is -1.98. The maximum atomic E-state index is 2.38. The van der Waals surface area contributed by atoms with Gasteiger partial charge in [-0.05, 0) is 23.8 Å². The van der Waals surface area contributed by atoms with Gasteiger partial charge >= 0.3 is 0 Å². The fourth-order valence-corrected chi connectivity index (χ4v) is 2.64. The van der Waals surface area contributed by atoms with Crippen molar-refractivity contribution in [2.24, 2.45) is 5.92 Å². The van der Waals surface area contributed by atoms with Crippen molar-refractivity contribution in [1.82, 2.24) is 0 Å². The van der Waals surface area contributed by atoms with E-state index >= 15 is 0 Å². The molecule has 0 N–H and O–H groups in total. The van der Waals surface area contributed by atoms with E-state index in [1.165, 1.54) is 50.0 Å². The summed E-state index contributed by atoms with van der Waals surface area (Å²) in [5, 5.41) is 0. The van der Waals surface area contributed by atoms with Crippen molar-refractivity contribution in [1.29, 1.82) is 0 Å². The Hall–Kier alpha value is 0.350. The lowest BCUT2D eigenvalue weighted by molar-refractivity contribution is 0.585. The van der Waals surface area contributed by atoms with Gasteiger partial charge < -0.3 is 0 Å². The highest BCUT2D eigenvalue weighted by Gasteiger charge is 1.99. The van der Waals surface area contributed by atoms with Crippen LogP contribution in [0.5, 0.6) is 0 Å². The van der Waals surface area contributed by atoms with Gasteiger partial charge in [0.25, 0.3) is 0 Å². The van der Waals surface area contributed by atoms with E-state index in [2.05, 4.69) is 32.5 Å². The van der Waals surface area contributed by atoms with Gasteiger partial charge in [-0.15, -0.1) is 0 Å². The first-order valence-corrected chi connectivity index (χ1v) is 7.04. The molecule has 0 rings (SSSR count). The quantitative estimate of drug-likeness (QED) is 0.487. The van der Waals surface area contributed by atoms with Crippen molar-refractivity contribution in [2.75, 3.05) is 11.5 Å². The van der Waals surface area contributed by atoms with Crippen LogP contribution in [-0.4, -0.2) is 11.5 Å². The summed E-state index contributed by atoms with van der Waals surface area (Å²) in [6, 6.07) is 0. The predicted octanol–water partition coefficient (Wildman–Crippen LogP) is 4.74. The third-order valence-corrected chi connectivity index (χ3v) is 3.71. The van der Waals surface area contributed by atoms with Gasteiger partial charge in [-0.2, -0.15) is 11.8 Å². The molecule has 0 unspecified atom stereocenters. The van der Waals surface area contributed by atoms with Crippen LogP contribution in [0.4, 0.5) is 0 Å². The van der Waals surface area contributed by atoms with Crippen LogP contribution in [-0.2, 0) is 0 Å². The van der Waals surface area contributed by atoms with Gasteiger partial charge in [-0.1, -0.05) is 52.9 Å². The second-order valence-corrected chi connectivity index (χ2v) is 5.18. The number of unbranched alkanes of at least 4 members (excludes halogenated alkanes) is 3. The SMILES string of the molecule is CCCCCCSC[C@@H](C)CCC. The van der Waals surface area contributed by atoms with E-state index in [4.69, 9.17) is 0 Å². The van der Waals surface area contributed by atoms with Crippen LogP contribution in [0, 0.1) is 5.92 Å². The standard InChI is InChI=1S/C12H26S/c1-4-6-7-8-10-13-11-12(3)9-5-2/h12H,4-11H2,1-3H3/t12-/m0/s1. The van der Waals surface area contributed by atoms with Crippen LogP contribution in [0.2, 0.25) is 0 Å². The summed E-state index contributed by atoms with van der Waals surface area (Å²) in [4.78, 5) is 0. The van der Waals surface area contributed by atoms with E-state index < -0.39 is 0 Å². The zero-order valence-corrected chi connectivity index (χ0v) is 10.5. The molecule has 0 aliphatic carbocycles. The molecule has 0 aliphatic rings. The minimum absolute atomic E-state index is 0.932. The zero-order valence-electron chi connectivity index (χ0n) is 9.64. The molecule has 80 valence electrons. The molecule has 0 spiro atoms. The second kappa shape index (κ2) is 10.4. The highest BCUT2D eigenvalue weighted by molar-refractivity contribution is 7.99. The number of rotatable bonds is 9. The largest absolute Gasteiger partial charge is 0.162 e. The number of hydrogen-bond donors (Lipinski definition) is 0. The minimum atomic E-state index is 0.932. The van der Waals surface area contributed by atoms with Gasteiger partial charge in [0, 0.05) is 0 Å². The summed E-state index contributed by atoms with van der Waals surface area (Å²) in [7, 11) is 0. The smallest absolute Gasteiger partial charge is 0.00418 e. The van der Waals surface area contributed by atoms with Crippen molar-refractivity contribution >= 4 is 11.8 Å². The first-order chi connectivity index (χ1) is 6.31. The molecular formula is C12H26S. The fourth-order valence-electron chi connectivity index (χ4n) is 1.49. The molecule has 1 heteroatoms. The van der Waals surface area contributed by atoms with Gasteiger partial charge in [-0.3, -0.25) is 0 Å². The molecule has 0 nitrogen and oxygen atoms in total. The molecule has 0 amide bonds. The zero-order chi connectivity index (χ0) is 9.94. The fraction of sp³-hybridized carbons (Fsp3) is 1.00. The van der Waals surface area contributed by atoms with Gasteiger partial charge in [0.2, 0.25) is 0 Å². The Bertz CT molecular complexity index is 91.1. The molecule has 0 aromatic rings. The molecule has 13 heavy (non-hydrogen) atoms. The summed E-state index contributed by atoms with van der Waals surface area (Å²) in [5.41, 5.74) is 0. The lowest BCUT2D eigenvalue weighted by Gasteiger charge is -2.08. The molecule has 0 aliphatic heterocycles. The Labute approximate surface area is 88.9 Å². The Balaban J connectivity index is 2.97. The Morgan fingerprint density at radius 2 is 1.77 bits per heavy atom. The van der Waals surface area contributed by atoms with E-state index in [0.717, 1.165) is 5.92 Å². The normalized spacial score (nSPS) is 13.2. The van der Waals surface area contributed by atoms with Gasteiger partial charge in [0.15, 0.2) is 0 Å². The Morgan fingerprint density at radius 3 is 2.38 bits per heavy atom. The molecule has 0 aromatic heterocycles. The maximum absolute atomic E-state index is 2.38. The van der Waals surface area contributed by atoms with Crippen LogP contribution in [0.3, 0.4) is 0 Å². The van der Waals surface area contributed by atoms with E-state index in [1.54, 1.807) is 0 Å². The monoisotopic (exact) mass is 202 g/mol. The van der Waals surface area contributed by atoms with Gasteiger partial charge in [0.05, 0.1) is 0 Å². The topological polar surface area (TPSA) is 0 Å². The van der Waals surface area contributed by atoms with E-state index in [9.17, 15) is 0 Å². The molecule has 0 fully saturated rings. The lowest BCUT2D eigenvalue weighted by atomic mass is 10.1. The molecule has 0 saturated heterocycles. The minimum Gasteiger partial charge on any atom is -0.162 e. The van der Waals surface area contributed by atoms with Crippen LogP contribution < -0.4 is 0 Å². The van der Waals surface area contributed by atoms with Crippen LogP contribution in [0.1, 0.15) is 59.3 Å². The average molecular weight is 202 g/mol. The first kappa shape index (κ1) is 13.4. The van der Waals surface area contributed by atoms with E-state index in [1.807, 2.05) is 0 Å². The van der Waals surface area contributed by atoms with E-state index in [0.29, 0.717) is 0 Å². The van der Waals surface area contributed by atoms with Crippen molar-refractivity contribution in [3.63, 3.8) is 0 Å². The summed E-state index contributed by atoms with van der Waals surface area (Å²) in [5.74, 6) is 3.69.